The van der Waals surface area contributed by atoms with Crippen molar-refractivity contribution in [2.45, 2.75) is 107 Å². The lowest BCUT2D eigenvalue weighted by atomic mass is 10.0. The number of nitrogen functional groups attached to an aromatic ring is 1. The Kier molecular flexibility index (Phi) is 13.2. The summed E-state index contributed by atoms with van der Waals surface area (Å²) in [5.74, 6) is 2.27. The van der Waals surface area contributed by atoms with Crippen molar-refractivity contribution in [3.05, 3.63) is 90.3 Å². The highest BCUT2D eigenvalue weighted by Crippen LogP contribution is 2.36. The number of fused-ring (bicyclic) bond motifs is 2. The Labute approximate surface area is 350 Å². The smallest absolute Gasteiger partial charge is 0.255 e. The van der Waals surface area contributed by atoms with Crippen molar-refractivity contribution in [2.75, 3.05) is 31.1 Å². The summed E-state index contributed by atoms with van der Waals surface area (Å²) in [5, 5.41) is 8.33. The third-order valence-electron chi connectivity index (χ3n) is 11.9. The monoisotopic (exact) mass is 814 g/mol. The zero-order chi connectivity index (χ0) is 40.6. The van der Waals surface area contributed by atoms with Crippen LogP contribution in [0.2, 0.25) is 0 Å². The summed E-state index contributed by atoms with van der Waals surface area (Å²) >= 11 is 1.81. The lowest BCUT2D eigenvalue weighted by Gasteiger charge is -2.33. The summed E-state index contributed by atoms with van der Waals surface area (Å²) in [7, 11) is 0. The molecule has 0 aliphatic carbocycles. The van der Waals surface area contributed by atoms with Crippen LogP contribution < -0.4 is 15.8 Å². The van der Waals surface area contributed by atoms with Gasteiger partial charge in [0.1, 0.15) is 35.4 Å². The van der Waals surface area contributed by atoms with Gasteiger partial charge in [-0.15, -0.1) is 11.8 Å². The fourth-order valence-corrected chi connectivity index (χ4v) is 9.83. The van der Waals surface area contributed by atoms with E-state index in [-0.39, 0.29) is 30.2 Å². The van der Waals surface area contributed by atoms with Crippen LogP contribution >= 0.6 is 11.8 Å². The molecule has 3 N–H and O–H groups in total. The molecule has 3 aliphatic heterocycles. The van der Waals surface area contributed by atoms with Gasteiger partial charge >= 0.3 is 0 Å². The largest absolute Gasteiger partial charge is 0.457 e. The number of carbonyl (C=O) groups is 3. The molecule has 2 atom stereocenters. The minimum absolute atomic E-state index is 0.109. The summed E-state index contributed by atoms with van der Waals surface area (Å²) in [6, 6.07) is 23.3. The third-order valence-corrected chi connectivity index (χ3v) is 13.1. The van der Waals surface area contributed by atoms with E-state index in [9.17, 15) is 14.4 Å². The van der Waals surface area contributed by atoms with Crippen LogP contribution in [0.5, 0.6) is 11.5 Å². The Hall–Kier alpha value is -5.27. The molecule has 2 fully saturated rings. The first-order valence-electron chi connectivity index (χ1n) is 21.4. The predicted octanol–water partition coefficient (Wildman–Crippen LogP) is 8.57. The van der Waals surface area contributed by atoms with E-state index in [1.165, 1.54) is 51.4 Å². The minimum Gasteiger partial charge on any atom is -0.457 e. The summed E-state index contributed by atoms with van der Waals surface area (Å²) < 4.78 is 8.11. The number of piperidine rings is 2. The van der Waals surface area contributed by atoms with Crippen molar-refractivity contribution in [1.82, 2.24) is 34.9 Å². The molecular weight excluding hydrogens is 761 g/mol. The van der Waals surface area contributed by atoms with E-state index >= 15 is 0 Å². The van der Waals surface area contributed by atoms with Crippen molar-refractivity contribution in [2.24, 2.45) is 0 Å². The van der Waals surface area contributed by atoms with Crippen molar-refractivity contribution in [1.29, 1.82) is 0 Å². The molecule has 5 aromatic rings. The predicted molar refractivity (Wildman–Crippen MR) is 231 cm³/mol. The van der Waals surface area contributed by atoms with E-state index in [4.69, 9.17) is 15.6 Å². The molecule has 5 heterocycles. The number of hydrogen-bond donors (Lipinski definition) is 2. The number of aromatic nitrogens is 4. The Morgan fingerprint density at radius 2 is 1.56 bits per heavy atom. The number of ether oxygens (including phenoxy) is 1. The van der Waals surface area contributed by atoms with Gasteiger partial charge in [0.15, 0.2) is 5.65 Å². The number of hydrogen-bond acceptors (Lipinski definition) is 10. The van der Waals surface area contributed by atoms with Crippen molar-refractivity contribution < 1.29 is 19.1 Å². The van der Waals surface area contributed by atoms with Crippen molar-refractivity contribution in [3.8, 4) is 22.8 Å². The Bertz CT molecular complexity index is 2250. The average Bonchev–Trinajstić information content (AvgIpc) is 3.81. The second-order valence-electron chi connectivity index (χ2n) is 16.0. The maximum atomic E-state index is 13.1. The first kappa shape index (κ1) is 40.5. The van der Waals surface area contributed by atoms with Gasteiger partial charge < -0.3 is 20.3 Å². The second-order valence-corrected chi connectivity index (χ2v) is 17.1. The first-order chi connectivity index (χ1) is 28.9. The molecule has 3 amide bonds. The summed E-state index contributed by atoms with van der Waals surface area (Å²) in [5.41, 5.74) is 10.7. The van der Waals surface area contributed by atoms with Gasteiger partial charge in [-0.25, -0.2) is 14.6 Å². The molecule has 8 rings (SSSR count). The van der Waals surface area contributed by atoms with E-state index in [1.54, 1.807) is 11.2 Å². The van der Waals surface area contributed by atoms with Gasteiger partial charge in [-0.05, 0) is 105 Å². The molecule has 13 heteroatoms. The summed E-state index contributed by atoms with van der Waals surface area (Å²) in [6.07, 6.45) is 15.6. The second kappa shape index (κ2) is 19.2. The maximum absolute atomic E-state index is 13.1. The van der Waals surface area contributed by atoms with E-state index in [1.807, 2.05) is 78.5 Å². The number of para-hydroxylation sites is 1. The number of nitrogens with two attached hydrogens (primary N) is 1. The number of rotatable bonds is 18. The highest BCUT2D eigenvalue weighted by molar-refractivity contribution is 7.99. The number of nitrogens with zero attached hydrogens (tertiary/aromatic N) is 6. The number of amides is 3. The van der Waals surface area contributed by atoms with Crippen LogP contribution in [0.4, 0.5) is 5.82 Å². The Morgan fingerprint density at radius 3 is 2.34 bits per heavy atom. The number of benzene rings is 3. The van der Waals surface area contributed by atoms with Crippen LogP contribution in [0, 0.1) is 0 Å². The summed E-state index contributed by atoms with van der Waals surface area (Å²) in [4.78, 5) is 51.5. The van der Waals surface area contributed by atoms with Crippen LogP contribution in [0.25, 0.3) is 22.3 Å². The molecular formula is C46H54N8O4S. The standard InChI is InChI=1S/C46H54N8O4S/c47-43-41-42(32-20-22-35(23-21-32)58-34-16-9-8-10-17-34)51-54(44(41)49-31-48-43)33-15-14-27-52(29-33)26-11-6-4-2-1-3-5-7-12-28-59-39-19-13-18-36-37(39)30-53(46(36)57)38-24-25-40(55)50-45(38)56/h8-10,13,16-23,31,33,38H,1-7,11-12,14-15,24-30H2,(H2,47,48,49)(H,50,55,56). The number of likely N-dealkylation sites (tertiary alicyclic amines) is 1. The van der Waals surface area contributed by atoms with Crippen LogP contribution in [0.1, 0.15) is 105 Å². The average molecular weight is 815 g/mol. The fourth-order valence-electron chi connectivity index (χ4n) is 8.74. The first-order valence-corrected chi connectivity index (χ1v) is 22.4. The molecule has 308 valence electrons. The molecule has 2 aromatic heterocycles. The Balaban J connectivity index is 0.726. The highest BCUT2D eigenvalue weighted by atomic mass is 32.2. The van der Waals surface area contributed by atoms with E-state index in [0.717, 1.165) is 88.9 Å². The quantitative estimate of drug-likeness (QED) is 0.0501. The van der Waals surface area contributed by atoms with Gasteiger partial charge in [-0.3, -0.25) is 19.7 Å². The van der Waals surface area contributed by atoms with Crippen LogP contribution in [0.15, 0.2) is 84.0 Å². The van der Waals surface area contributed by atoms with E-state index < -0.39 is 6.04 Å². The van der Waals surface area contributed by atoms with E-state index in [0.29, 0.717) is 24.3 Å². The molecule has 0 spiro atoms. The highest BCUT2D eigenvalue weighted by Gasteiger charge is 2.39. The Morgan fingerprint density at radius 1 is 0.814 bits per heavy atom. The molecule has 0 bridgehead atoms. The molecule has 0 radical (unpaired) electrons. The number of unbranched alkanes of at least 4 members (excludes halogenated alkanes) is 8. The van der Waals surface area contributed by atoms with Gasteiger partial charge in [0.2, 0.25) is 11.8 Å². The minimum atomic E-state index is -0.576. The summed E-state index contributed by atoms with van der Waals surface area (Å²) in [6.45, 7) is 3.61. The van der Waals surface area contributed by atoms with Crippen LogP contribution in [-0.4, -0.2) is 78.7 Å². The number of thioether (sulfide) groups is 1. The van der Waals surface area contributed by atoms with Gasteiger partial charge in [0.25, 0.3) is 5.91 Å². The van der Waals surface area contributed by atoms with E-state index in [2.05, 4.69) is 30.9 Å². The molecule has 3 aliphatic rings. The molecule has 3 aromatic carbocycles. The van der Waals surface area contributed by atoms with Crippen molar-refractivity contribution >= 4 is 46.3 Å². The van der Waals surface area contributed by atoms with Gasteiger partial charge in [-0.2, -0.15) is 5.10 Å². The molecule has 0 saturated carbocycles. The van der Waals surface area contributed by atoms with Gasteiger partial charge in [-0.1, -0.05) is 69.2 Å². The molecule has 59 heavy (non-hydrogen) atoms. The fraction of sp³-hybridized carbons (Fsp3) is 0.435. The molecule has 2 saturated heterocycles. The van der Waals surface area contributed by atoms with Crippen LogP contribution in [0.3, 0.4) is 0 Å². The molecule has 2 unspecified atom stereocenters. The number of anilines is 1. The van der Waals surface area contributed by atoms with Crippen molar-refractivity contribution in [3.63, 3.8) is 0 Å². The lowest BCUT2D eigenvalue weighted by Crippen LogP contribution is -2.52. The number of imide groups is 1. The normalized spacial score (nSPS) is 18.4. The van der Waals surface area contributed by atoms with Gasteiger partial charge in [0, 0.05) is 35.5 Å². The number of nitrogens with one attached hydrogen (secondary N) is 1. The zero-order valence-electron chi connectivity index (χ0n) is 33.7. The topological polar surface area (TPSA) is 149 Å². The zero-order valence-corrected chi connectivity index (χ0v) is 34.5. The van der Waals surface area contributed by atoms with Gasteiger partial charge in [0.05, 0.1) is 11.4 Å². The third kappa shape index (κ3) is 9.63. The maximum Gasteiger partial charge on any atom is 0.255 e. The number of carbonyl (C=O) groups excluding carboxylic acids is 3. The molecule has 12 nitrogen and oxygen atoms in total. The van der Waals surface area contributed by atoms with Crippen LogP contribution in [-0.2, 0) is 16.1 Å². The lowest BCUT2D eigenvalue weighted by molar-refractivity contribution is -0.136. The SMILES string of the molecule is Nc1ncnc2c1c(-c1ccc(Oc3ccccc3)cc1)nn2C1CCCN(CCCCCCCCCCCSc2cccc3c2CN(C2CCC(=O)NC2=O)C3=O)C1.